The molecule has 0 unspecified atom stereocenters. The molecule has 3 aromatic carbocycles. The Hall–Kier alpha value is -4.73. The first kappa shape index (κ1) is 37.0. The lowest BCUT2D eigenvalue weighted by Gasteiger charge is -2.37. The van der Waals surface area contributed by atoms with Gasteiger partial charge in [-0.3, -0.25) is 4.79 Å². The van der Waals surface area contributed by atoms with Crippen molar-refractivity contribution in [1.82, 2.24) is 34.6 Å². The molecule has 0 saturated carbocycles. The largest absolute Gasteiger partial charge is 0.488 e. The lowest BCUT2D eigenvalue weighted by Crippen LogP contribution is -2.48. The van der Waals surface area contributed by atoms with Crippen LogP contribution in [0, 0.1) is 13.8 Å². The van der Waals surface area contributed by atoms with Crippen LogP contribution in [-0.2, 0) is 39.6 Å². The minimum atomic E-state index is -3.89. The molecule has 52 heavy (non-hydrogen) atoms. The third-order valence-corrected chi connectivity index (χ3v) is 12.1. The van der Waals surface area contributed by atoms with Crippen LogP contribution in [-0.4, -0.2) is 70.2 Å². The van der Waals surface area contributed by atoms with Gasteiger partial charge in [-0.1, -0.05) is 48.5 Å². The first-order valence-corrected chi connectivity index (χ1v) is 20.0. The van der Waals surface area contributed by atoms with Gasteiger partial charge in [0.1, 0.15) is 44.5 Å². The molecule has 3 heterocycles. The quantitative estimate of drug-likeness (QED) is 0.182. The number of para-hydroxylation sites is 1. The Kier molecular flexibility index (Phi) is 10.5. The number of amides is 1. The summed E-state index contributed by atoms with van der Waals surface area (Å²) in [7, 11) is -6.60. The molecule has 6 rings (SSSR count). The molecule has 15 heteroatoms. The van der Waals surface area contributed by atoms with Crippen LogP contribution in [0.3, 0.4) is 0 Å². The van der Waals surface area contributed by atoms with Crippen LogP contribution in [0.2, 0.25) is 0 Å². The van der Waals surface area contributed by atoms with Crippen molar-refractivity contribution in [1.29, 1.82) is 0 Å². The molecule has 2 aromatic heterocycles. The number of aromatic nitrogens is 5. The number of aryl methyl sites for hydroxylation is 3. The topological polar surface area (TPSA) is 166 Å². The van der Waals surface area contributed by atoms with Crippen molar-refractivity contribution in [2.24, 2.45) is 0 Å². The number of carbonyl (C=O) groups excluding carboxylic acids is 1. The molecule has 5 aromatic rings. The molecule has 0 fully saturated rings. The number of nitrogens with zero attached hydrogens (tertiary/aromatic N) is 6. The second-order valence-corrected chi connectivity index (χ2v) is 16.5. The number of fused-ring (bicyclic) bond motifs is 2. The van der Waals surface area contributed by atoms with Gasteiger partial charge in [0.2, 0.25) is 10.0 Å². The molecule has 0 saturated heterocycles. The minimum absolute atomic E-state index is 0.104. The van der Waals surface area contributed by atoms with Gasteiger partial charge in [-0.2, -0.15) is 4.31 Å². The number of sulfonamides is 1. The number of thiol groups is 1. The Morgan fingerprint density at radius 1 is 1.06 bits per heavy atom. The number of ether oxygens (including phenoxy) is 1. The molecule has 1 N–H and O–H groups in total. The van der Waals surface area contributed by atoms with Crippen LogP contribution in [0.25, 0.3) is 11.0 Å². The number of hydrogen-bond donors (Lipinski definition) is 2. The smallest absolute Gasteiger partial charge is 0.254 e. The molecule has 13 nitrogen and oxygen atoms in total. The van der Waals surface area contributed by atoms with E-state index in [1.807, 2.05) is 76.6 Å². The van der Waals surface area contributed by atoms with Crippen LogP contribution in [0.15, 0.2) is 71.9 Å². The summed E-state index contributed by atoms with van der Waals surface area (Å²) in [5, 5.41) is 12.0. The van der Waals surface area contributed by atoms with E-state index in [4.69, 9.17) is 4.74 Å². The Labute approximate surface area is 305 Å². The summed E-state index contributed by atoms with van der Waals surface area (Å²) in [4.78, 5) is 22.0. The van der Waals surface area contributed by atoms with Gasteiger partial charge < -0.3 is 10.1 Å². The summed E-state index contributed by atoms with van der Waals surface area (Å²) in [5.74, 6) is -0.734. The van der Waals surface area contributed by atoms with Crippen molar-refractivity contribution in [2.45, 2.75) is 89.3 Å². The number of rotatable bonds is 11. The Morgan fingerprint density at radius 3 is 2.48 bits per heavy atom. The van der Waals surface area contributed by atoms with Gasteiger partial charge in [-0.05, 0) is 87.1 Å². The predicted octanol–water partition coefficient (Wildman–Crippen LogP) is 4.67. The highest BCUT2D eigenvalue weighted by molar-refractivity contribution is 7.89. The molecule has 1 aliphatic heterocycles. The van der Waals surface area contributed by atoms with Gasteiger partial charge in [-0.15, -0.1) is 5.10 Å². The van der Waals surface area contributed by atoms with E-state index in [0.717, 1.165) is 38.9 Å². The molecule has 1 amide bonds. The number of hydrogen-bond acceptors (Lipinski definition) is 10. The fourth-order valence-corrected chi connectivity index (χ4v) is 8.82. The third kappa shape index (κ3) is 7.30. The van der Waals surface area contributed by atoms with Crippen molar-refractivity contribution in [3.8, 4) is 5.75 Å². The van der Waals surface area contributed by atoms with Gasteiger partial charge in [0.15, 0.2) is 0 Å². The van der Waals surface area contributed by atoms with Crippen molar-refractivity contribution in [3.63, 3.8) is 0 Å². The Bertz CT molecular complexity index is 2310. The average molecular weight is 746 g/mol. The highest BCUT2D eigenvalue weighted by Gasteiger charge is 2.38. The first-order valence-electron chi connectivity index (χ1n) is 17.2. The van der Waals surface area contributed by atoms with Gasteiger partial charge >= 0.3 is 0 Å². The van der Waals surface area contributed by atoms with Gasteiger partial charge in [-0.25, -0.2) is 31.5 Å². The van der Waals surface area contributed by atoms with Gasteiger partial charge in [0.25, 0.3) is 5.91 Å². The summed E-state index contributed by atoms with van der Waals surface area (Å²) < 4.78 is 59.9. The molecule has 1 aliphatic rings. The lowest BCUT2D eigenvalue weighted by atomic mass is 9.74. The molecule has 274 valence electrons. The zero-order chi connectivity index (χ0) is 37.4. The van der Waals surface area contributed by atoms with Crippen LogP contribution < -0.4 is 10.1 Å². The number of benzene rings is 3. The first-order chi connectivity index (χ1) is 24.7. The van der Waals surface area contributed by atoms with E-state index in [9.17, 15) is 21.6 Å². The summed E-state index contributed by atoms with van der Waals surface area (Å²) >= 11 is 0. The van der Waals surface area contributed by atoms with E-state index >= 15 is 0 Å². The van der Waals surface area contributed by atoms with Crippen LogP contribution in [0.5, 0.6) is 5.75 Å². The molecule has 0 radical (unpaired) electrons. The second-order valence-electron chi connectivity index (χ2n) is 13.6. The maximum absolute atomic E-state index is 14.1. The zero-order valence-corrected chi connectivity index (χ0v) is 31.7. The van der Waals surface area contributed by atoms with Crippen molar-refractivity contribution in [2.75, 3.05) is 6.54 Å². The lowest BCUT2D eigenvalue weighted by molar-refractivity contribution is 0.0905. The summed E-state index contributed by atoms with van der Waals surface area (Å²) in [5.41, 5.74) is 5.30. The minimum Gasteiger partial charge on any atom is -0.488 e. The maximum Gasteiger partial charge on any atom is 0.254 e. The molecular formula is C37H43N7O6S2. The molecule has 0 spiro atoms. The number of nitrogens with one attached hydrogen (secondary N) is 1. The number of carbonyl (C=O) groups is 1. The highest BCUT2D eigenvalue weighted by atomic mass is 32.2. The summed E-state index contributed by atoms with van der Waals surface area (Å²) in [6.07, 6.45) is 2.94. The standard InChI is InChI=1S/C37H43N7O6S2/c1-7-28-21-43(52(48,49)32-12-10-9-11-31(32)50-28)20-26-17-25(14-13-23(26)3)34(29-15-16-30-35(24(29)4)41-42-44(30)8-2)37(5,6)40-36(45)27-18-38-33(39-19-27)22-51(46)47/h9-19,28,34,51H,7-8,20-22H2,1-6H3,(H,40,45)/t28-,34+/m1/s1. The molecule has 0 bridgehead atoms. The molecule has 2 atom stereocenters. The SMILES string of the molecule is CC[C@@H]1CN(Cc2cc([C@@H](c3ccc4c(nnn4CC)c3C)C(C)(C)NC(=O)c3cnc(C[SH](=O)=O)nc3)ccc2C)S(=O)(=O)c2ccccc2O1. The van der Waals surface area contributed by atoms with E-state index in [1.165, 1.54) is 16.7 Å². The molecule has 0 aliphatic carbocycles. The monoisotopic (exact) mass is 745 g/mol. The predicted molar refractivity (Wildman–Crippen MR) is 197 cm³/mol. The summed E-state index contributed by atoms with van der Waals surface area (Å²) in [6, 6.07) is 16.8. The van der Waals surface area contributed by atoms with Gasteiger partial charge in [0, 0.05) is 36.9 Å². The normalized spacial score (nSPS) is 16.6. The summed E-state index contributed by atoms with van der Waals surface area (Å²) in [6.45, 7) is 12.8. The van der Waals surface area contributed by atoms with Crippen molar-refractivity contribution < 1.29 is 26.4 Å². The van der Waals surface area contributed by atoms with Crippen molar-refractivity contribution in [3.05, 3.63) is 106 Å². The van der Waals surface area contributed by atoms with Crippen LogP contribution >= 0.6 is 0 Å². The second kappa shape index (κ2) is 14.7. The molecular weight excluding hydrogens is 703 g/mol. The zero-order valence-electron chi connectivity index (χ0n) is 30.0. The van der Waals surface area contributed by atoms with E-state index in [2.05, 4.69) is 25.6 Å². The van der Waals surface area contributed by atoms with Crippen molar-refractivity contribution >= 4 is 37.7 Å². The average Bonchev–Trinajstić information content (AvgIpc) is 3.49. The fourth-order valence-electron chi connectivity index (χ4n) is 6.86. The van der Waals surface area contributed by atoms with Crippen LogP contribution in [0.4, 0.5) is 0 Å². The van der Waals surface area contributed by atoms with E-state index in [0.29, 0.717) is 18.7 Å². The third-order valence-electron chi connectivity index (χ3n) is 9.66. The van der Waals surface area contributed by atoms with E-state index in [1.54, 1.807) is 24.3 Å². The Balaban J connectivity index is 1.42. The maximum atomic E-state index is 14.1. The fraction of sp³-hybridized carbons (Fsp3) is 0.378. The van der Waals surface area contributed by atoms with Crippen LogP contribution in [0.1, 0.15) is 84.0 Å². The highest BCUT2D eigenvalue weighted by Crippen LogP contribution is 2.40. The van der Waals surface area contributed by atoms with Gasteiger partial charge in [0.05, 0.1) is 17.6 Å². The van der Waals surface area contributed by atoms with E-state index in [-0.39, 0.29) is 41.2 Å². The Morgan fingerprint density at radius 2 is 1.79 bits per heavy atom. The van der Waals surface area contributed by atoms with E-state index < -0.39 is 38.1 Å².